The highest BCUT2D eigenvalue weighted by atomic mass is 16.3. The van der Waals surface area contributed by atoms with Crippen LogP contribution >= 0.6 is 0 Å². The number of amides is 1. The molecule has 0 heterocycles. The quantitative estimate of drug-likeness (QED) is 0.807. The first kappa shape index (κ1) is 14.6. The van der Waals surface area contributed by atoms with E-state index in [9.17, 15) is 9.90 Å². The summed E-state index contributed by atoms with van der Waals surface area (Å²) in [5.74, 6) is 0.524. The molecule has 0 atom stereocenters. The van der Waals surface area contributed by atoms with Crippen molar-refractivity contribution in [2.75, 3.05) is 5.32 Å². The fourth-order valence-electron chi connectivity index (χ4n) is 3.12. The number of hydrogen-bond acceptors (Lipinski definition) is 2. The Hall–Kier alpha value is -2.29. The molecular weight excluding hydrogens is 274 g/mol. The second kappa shape index (κ2) is 6.65. The molecule has 3 nitrogen and oxygen atoms in total. The van der Waals surface area contributed by atoms with Gasteiger partial charge < -0.3 is 10.4 Å². The molecule has 0 saturated heterocycles. The van der Waals surface area contributed by atoms with Gasteiger partial charge in [-0.1, -0.05) is 43.5 Å². The van der Waals surface area contributed by atoms with E-state index in [-0.39, 0.29) is 11.7 Å². The number of nitrogens with one attached hydrogen (secondary N) is 1. The van der Waals surface area contributed by atoms with Crippen LogP contribution in [-0.2, 0) is 0 Å². The first-order valence-corrected chi connectivity index (χ1v) is 7.93. The number of phenols is 1. The average molecular weight is 295 g/mol. The lowest BCUT2D eigenvalue weighted by atomic mass is 9.84. The molecule has 1 fully saturated rings. The summed E-state index contributed by atoms with van der Waals surface area (Å²) in [4.78, 5) is 12.2. The highest BCUT2D eigenvalue weighted by Gasteiger charge is 2.16. The Labute approximate surface area is 131 Å². The van der Waals surface area contributed by atoms with Crippen molar-refractivity contribution in [1.82, 2.24) is 0 Å². The maximum atomic E-state index is 12.2. The predicted molar refractivity (Wildman–Crippen MR) is 88.3 cm³/mol. The third-order valence-corrected chi connectivity index (χ3v) is 4.40. The summed E-state index contributed by atoms with van der Waals surface area (Å²) in [7, 11) is 0. The summed E-state index contributed by atoms with van der Waals surface area (Å²) >= 11 is 0. The molecule has 3 heteroatoms. The Morgan fingerprint density at radius 3 is 2.32 bits per heavy atom. The van der Waals surface area contributed by atoms with E-state index in [4.69, 9.17) is 0 Å². The van der Waals surface area contributed by atoms with Crippen LogP contribution in [0.1, 0.15) is 53.9 Å². The zero-order chi connectivity index (χ0) is 15.4. The van der Waals surface area contributed by atoms with Gasteiger partial charge in [-0.05, 0) is 48.6 Å². The first-order valence-electron chi connectivity index (χ1n) is 7.93. The molecule has 0 radical (unpaired) electrons. The number of carbonyl (C=O) groups excluding carboxylic acids is 1. The smallest absolute Gasteiger partial charge is 0.255 e. The van der Waals surface area contributed by atoms with Crippen LogP contribution in [-0.4, -0.2) is 11.0 Å². The van der Waals surface area contributed by atoms with Gasteiger partial charge in [0.15, 0.2) is 0 Å². The Morgan fingerprint density at radius 2 is 1.64 bits per heavy atom. The van der Waals surface area contributed by atoms with Crippen LogP contribution in [0.5, 0.6) is 5.75 Å². The van der Waals surface area contributed by atoms with Gasteiger partial charge in [0.2, 0.25) is 0 Å². The highest BCUT2D eigenvalue weighted by Crippen LogP contribution is 2.32. The van der Waals surface area contributed by atoms with Crippen molar-refractivity contribution < 1.29 is 9.90 Å². The van der Waals surface area contributed by atoms with Crippen LogP contribution < -0.4 is 5.32 Å². The van der Waals surface area contributed by atoms with Crippen LogP contribution in [0.25, 0.3) is 0 Å². The van der Waals surface area contributed by atoms with E-state index in [0.717, 1.165) is 0 Å². The van der Waals surface area contributed by atoms with Crippen LogP contribution in [0.15, 0.2) is 48.5 Å². The molecule has 2 aromatic carbocycles. The largest absolute Gasteiger partial charge is 0.506 e. The SMILES string of the molecule is O=C(Nc1ccccc1O)c1ccc(C2CCCCC2)cc1. The molecule has 3 rings (SSSR count). The van der Waals surface area contributed by atoms with Crippen molar-refractivity contribution in [2.24, 2.45) is 0 Å². The molecule has 1 aliphatic carbocycles. The maximum Gasteiger partial charge on any atom is 0.255 e. The second-order valence-electron chi connectivity index (χ2n) is 5.93. The van der Waals surface area contributed by atoms with E-state index in [1.807, 2.05) is 12.1 Å². The molecule has 114 valence electrons. The van der Waals surface area contributed by atoms with Crippen molar-refractivity contribution in [1.29, 1.82) is 0 Å². The minimum Gasteiger partial charge on any atom is -0.506 e. The number of carbonyl (C=O) groups is 1. The van der Waals surface area contributed by atoms with Gasteiger partial charge in [-0.2, -0.15) is 0 Å². The molecule has 0 aliphatic heterocycles. The second-order valence-corrected chi connectivity index (χ2v) is 5.93. The molecule has 0 spiro atoms. The van der Waals surface area contributed by atoms with E-state index in [2.05, 4.69) is 17.4 Å². The van der Waals surface area contributed by atoms with Crippen molar-refractivity contribution in [3.05, 3.63) is 59.7 Å². The minimum absolute atomic E-state index is 0.0784. The first-order chi connectivity index (χ1) is 10.7. The lowest BCUT2D eigenvalue weighted by Gasteiger charge is -2.22. The van der Waals surface area contributed by atoms with Crippen LogP contribution in [0, 0.1) is 0 Å². The lowest BCUT2D eigenvalue weighted by Crippen LogP contribution is -2.12. The number of rotatable bonds is 3. The zero-order valence-electron chi connectivity index (χ0n) is 12.6. The monoisotopic (exact) mass is 295 g/mol. The number of hydrogen-bond donors (Lipinski definition) is 2. The third-order valence-electron chi connectivity index (χ3n) is 4.40. The van der Waals surface area contributed by atoms with Gasteiger partial charge in [0.1, 0.15) is 5.75 Å². The van der Waals surface area contributed by atoms with Gasteiger partial charge in [0.05, 0.1) is 5.69 Å². The van der Waals surface area contributed by atoms with Gasteiger partial charge >= 0.3 is 0 Å². The molecule has 22 heavy (non-hydrogen) atoms. The molecule has 1 saturated carbocycles. The Bertz CT molecular complexity index is 643. The van der Waals surface area contributed by atoms with Crippen LogP contribution in [0.2, 0.25) is 0 Å². The van der Waals surface area contributed by atoms with Gasteiger partial charge in [-0.15, -0.1) is 0 Å². The summed E-state index contributed by atoms with van der Waals surface area (Å²) in [5, 5.41) is 12.4. The van der Waals surface area contributed by atoms with Crippen molar-refractivity contribution in [2.45, 2.75) is 38.0 Å². The van der Waals surface area contributed by atoms with Crippen LogP contribution in [0.3, 0.4) is 0 Å². The number of benzene rings is 2. The minimum atomic E-state index is -0.198. The van der Waals surface area contributed by atoms with Crippen molar-refractivity contribution in [3.8, 4) is 5.75 Å². The Morgan fingerprint density at radius 1 is 0.955 bits per heavy atom. The van der Waals surface area contributed by atoms with Gasteiger partial charge in [0, 0.05) is 5.56 Å². The Kier molecular flexibility index (Phi) is 4.42. The summed E-state index contributed by atoms with van der Waals surface area (Å²) in [6.07, 6.45) is 6.46. The van der Waals surface area contributed by atoms with Crippen molar-refractivity contribution >= 4 is 11.6 Å². The van der Waals surface area contributed by atoms with E-state index in [0.29, 0.717) is 17.2 Å². The fourth-order valence-corrected chi connectivity index (χ4v) is 3.12. The van der Waals surface area contributed by atoms with Gasteiger partial charge in [0.25, 0.3) is 5.91 Å². The fraction of sp³-hybridized carbons (Fsp3) is 0.316. The molecule has 1 amide bonds. The number of anilines is 1. The lowest BCUT2D eigenvalue weighted by molar-refractivity contribution is 0.102. The number of aromatic hydroxyl groups is 1. The van der Waals surface area contributed by atoms with E-state index < -0.39 is 0 Å². The van der Waals surface area contributed by atoms with Crippen LogP contribution in [0.4, 0.5) is 5.69 Å². The normalized spacial score (nSPS) is 15.5. The Balaban J connectivity index is 1.69. The molecule has 1 aliphatic rings. The highest BCUT2D eigenvalue weighted by molar-refractivity contribution is 6.04. The van der Waals surface area contributed by atoms with E-state index in [1.165, 1.54) is 37.7 Å². The number of phenolic OH excluding ortho intramolecular Hbond substituents is 1. The number of para-hydroxylation sites is 2. The summed E-state index contributed by atoms with van der Waals surface area (Å²) < 4.78 is 0. The standard InChI is InChI=1S/C19H21NO2/c21-18-9-5-4-8-17(18)20-19(22)16-12-10-15(11-13-16)14-6-2-1-3-7-14/h4-5,8-14,21H,1-3,6-7H2,(H,20,22). The van der Waals surface area contributed by atoms with Gasteiger partial charge in [-0.25, -0.2) is 0 Å². The topological polar surface area (TPSA) is 49.3 Å². The summed E-state index contributed by atoms with van der Waals surface area (Å²) in [5.41, 5.74) is 2.38. The van der Waals surface area contributed by atoms with E-state index in [1.54, 1.807) is 24.3 Å². The third kappa shape index (κ3) is 3.30. The molecule has 2 N–H and O–H groups in total. The molecule has 0 bridgehead atoms. The molecule has 0 unspecified atom stereocenters. The van der Waals surface area contributed by atoms with E-state index >= 15 is 0 Å². The molecule has 0 aromatic heterocycles. The zero-order valence-corrected chi connectivity index (χ0v) is 12.6. The van der Waals surface area contributed by atoms with Crippen molar-refractivity contribution in [3.63, 3.8) is 0 Å². The average Bonchev–Trinajstić information content (AvgIpc) is 2.58. The maximum absolute atomic E-state index is 12.2. The molecular formula is C19H21NO2. The summed E-state index contributed by atoms with van der Waals surface area (Å²) in [6, 6.07) is 14.6. The van der Waals surface area contributed by atoms with Gasteiger partial charge in [-0.3, -0.25) is 4.79 Å². The molecule has 2 aromatic rings. The predicted octanol–water partition coefficient (Wildman–Crippen LogP) is 4.69. The summed E-state index contributed by atoms with van der Waals surface area (Å²) in [6.45, 7) is 0.